The highest BCUT2D eigenvalue weighted by atomic mass is 16.5. The molecule has 0 atom stereocenters. The van der Waals surface area contributed by atoms with Gasteiger partial charge in [-0.15, -0.1) is 0 Å². The summed E-state index contributed by atoms with van der Waals surface area (Å²) in [5.41, 5.74) is 2.35. The number of esters is 1. The summed E-state index contributed by atoms with van der Waals surface area (Å²) in [6, 6.07) is 15.0. The summed E-state index contributed by atoms with van der Waals surface area (Å²) in [5.74, 6) is 0.481. The van der Waals surface area contributed by atoms with Crippen molar-refractivity contribution in [3.05, 3.63) is 59.7 Å². The highest BCUT2D eigenvalue weighted by Crippen LogP contribution is 2.45. The monoisotopic (exact) mass is 312 g/mol. The van der Waals surface area contributed by atoms with Gasteiger partial charge in [0, 0.05) is 23.3 Å². The van der Waals surface area contributed by atoms with E-state index in [1.165, 1.54) is 39.4 Å². The Morgan fingerprint density at radius 2 is 1.71 bits per heavy atom. The standard InChI is InChI=1S/C22H16O2/c1-13(23)24-22-18-8-3-2-7-16(18)17-11-9-14-5-4-6-15-10-12-19(22)21(17)20(14)15/h2,4-7,9-12H,3,8H2,1H3. The molecule has 0 radical (unpaired) electrons. The number of hydrogen-bond donors (Lipinski definition) is 0. The molecular weight excluding hydrogens is 296 g/mol. The molecule has 4 aromatic carbocycles. The van der Waals surface area contributed by atoms with Gasteiger partial charge in [-0.1, -0.05) is 48.6 Å². The summed E-state index contributed by atoms with van der Waals surface area (Å²) in [5, 5.41) is 7.18. The van der Waals surface area contributed by atoms with Gasteiger partial charge >= 0.3 is 5.97 Å². The van der Waals surface area contributed by atoms with Crippen LogP contribution in [0.3, 0.4) is 0 Å². The van der Waals surface area contributed by atoms with E-state index in [4.69, 9.17) is 4.74 Å². The maximum absolute atomic E-state index is 11.7. The first-order valence-corrected chi connectivity index (χ1v) is 8.31. The van der Waals surface area contributed by atoms with Crippen molar-refractivity contribution >= 4 is 44.4 Å². The average Bonchev–Trinajstić information content (AvgIpc) is 2.61. The molecule has 1 aliphatic rings. The Bertz CT molecular complexity index is 1140. The average molecular weight is 312 g/mol. The Labute approximate surface area is 139 Å². The second-order valence-electron chi connectivity index (χ2n) is 6.44. The minimum Gasteiger partial charge on any atom is -0.426 e. The number of fused-ring (bicyclic) bond motifs is 2. The molecule has 5 rings (SSSR count). The Kier molecular flexibility index (Phi) is 2.72. The van der Waals surface area contributed by atoms with Gasteiger partial charge in [-0.25, -0.2) is 0 Å². The zero-order valence-corrected chi connectivity index (χ0v) is 13.4. The molecular formula is C22H16O2. The molecule has 0 bridgehead atoms. The van der Waals surface area contributed by atoms with Crippen LogP contribution in [-0.2, 0) is 11.2 Å². The summed E-state index contributed by atoms with van der Waals surface area (Å²) in [7, 11) is 0. The van der Waals surface area contributed by atoms with E-state index in [0.717, 1.165) is 29.5 Å². The second-order valence-corrected chi connectivity index (χ2v) is 6.44. The van der Waals surface area contributed by atoms with Gasteiger partial charge < -0.3 is 4.74 Å². The van der Waals surface area contributed by atoms with E-state index >= 15 is 0 Å². The summed E-state index contributed by atoms with van der Waals surface area (Å²) < 4.78 is 5.70. The number of carbonyl (C=O) groups is 1. The quantitative estimate of drug-likeness (QED) is 0.265. The zero-order valence-electron chi connectivity index (χ0n) is 13.4. The first kappa shape index (κ1) is 13.6. The molecule has 0 unspecified atom stereocenters. The van der Waals surface area contributed by atoms with Crippen LogP contribution < -0.4 is 4.74 Å². The van der Waals surface area contributed by atoms with Crippen LogP contribution in [-0.4, -0.2) is 5.97 Å². The molecule has 0 aromatic heterocycles. The highest BCUT2D eigenvalue weighted by molar-refractivity contribution is 6.26. The van der Waals surface area contributed by atoms with Crippen molar-refractivity contribution in [1.82, 2.24) is 0 Å². The van der Waals surface area contributed by atoms with Gasteiger partial charge in [0.05, 0.1) is 0 Å². The van der Waals surface area contributed by atoms with Gasteiger partial charge in [-0.3, -0.25) is 4.79 Å². The van der Waals surface area contributed by atoms with Crippen molar-refractivity contribution < 1.29 is 9.53 Å². The minimum atomic E-state index is -0.262. The molecule has 2 nitrogen and oxygen atoms in total. The van der Waals surface area contributed by atoms with E-state index in [-0.39, 0.29) is 5.97 Å². The van der Waals surface area contributed by atoms with Crippen LogP contribution in [0.2, 0.25) is 0 Å². The van der Waals surface area contributed by atoms with E-state index in [1.54, 1.807) is 0 Å². The van der Waals surface area contributed by atoms with Crippen LogP contribution in [0.1, 0.15) is 24.5 Å². The highest BCUT2D eigenvalue weighted by Gasteiger charge is 2.21. The molecule has 116 valence electrons. The summed E-state index contributed by atoms with van der Waals surface area (Å²) >= 11 is 0. The predicted molar refractivity (Wildman–Crippen MR) is 98.8 cm³/mol. The third-order valence-corrected chi connectivity index (χ3v) is 5.00. The fourth-order valence-corrected chi connectivity index (χ4v) is 4.07. The van der Waals surface area contributed by atoms with E-state index < -0.39 is 0 Å². The van der Waals surface area contributed by atoms with Crippen LogP contribution in [0, 0.1) is 0 Å². The molecule has 0 aliphatic heterocycles. The van der Waals surface area contributed by atoms with Gasteiger partial charge in [-0.05, 0) is 46.0 Å². The van der Waals surface area contributed by atoms with Crippen molar-refractivity contribution in [2.45, 2.75) is 19.8 Å². The lowest BCUT2D eigenvalue weighted by Gasteiger charge is -2.21. The molecule has 4 aromatic rings. The number of allylic oxidation sites excluding steroid dienone is 1. The van der Waals surface area contributed by atoms with Gasteiger partial charge in [-0.2, -0.15) is 0 Å². The van der Waals surface area contributed by atoms with E-state index in [1.807, 2.05) is 0 Å². The van der Waals surface area contributed by atoms with Gasteiger partial charge in [0.2, 0.25) is 0 Å². The normalized spacial score (nSPS) is 13.7. The van der Waals surface area contributed by atoms with E-state index in [0.29, 0.717) is 0 Å². The lowest BCUT2D eigenvalue weighted by molar-refractivity contribution is -0.131. The maximum atomic E-state index is 11.7. The maximum Gasteiger partial charge on any atom is 0.308 e. The predicted octanol–water partition coefficient (Wildman–Crippen LogP) is 5.47. The molecule has 24 heavy (non-hydrogen) atoms. The molecule has 1 aliphatic carbocycles. The summed E-state index contributed by atoms with van der Waals surface area (Å²) in [6.45, 7) is 1.48. The number of hydrogen-bond acceptors (Lipinski definition) is 2. The van der Waals surface area contributed by atoms with E-state index in [2.05, 4.69) is 54.6 Å². The van der Waals surface area contributed by atoms with Crippen molar-refractivity contribution in [2.24, 2.45) is 0 Å². The van der Waals surface area contributed by atoms with Crippen molar-refractivity contribution in [2.75, 3.05) is 0 Å². The number of ether oxygens (including phenoxy) is 1. The molecule has 0 saturated carbocycles. The van der Waals surface area contributed by atoms with Crippen molar-refractivity contribution in [1.29, 1.82) is 0 Å². The smallest absolute Gasteiger partial charge is 0.308 e. The summed E-state index contributed by atoms with van der Waals surface area (Å²) in [4.78, 5) is 11.7. The largest absolute Gasteiger partial charge is 0.426 e. The number of carbonyl (C=O) groups excluding carboxylic acids is 1. The molecule has 0 fully saturated rings. The van der Waals surface area contributed by atoms with Crippen molar-refractivity contribution in [3.63, 3.8) is 0 Å². The van der Waals surface area contributed by atoms with Crippen LogP contribution in [0.25, 0.3) is 38.4 Å². The fourth-order valence-electron chi connectivity index (χ4n) is 4.07. The van der Waals surface area contributed by atoms with E-state index in [9.17, 15) is 4.79 Å². The van der Waals surface area contributed by atoms with Gasteiger partial charge in [0.25, 0.3) is 0 Å². The van der Waals surface area contributed by atoms with Crippen LogP contribution in [0.5, 0.6) is 5.75 Å². The van der Waals surface area contributed by atoms with Crippen LogP contribution >= 0.6 is 0 Å². The molecule has 0 heterocycles. The number of benzene rings is 4. The lowest BCUT2D eigenvalue weighted by atomic mass is 9.85. The SMILES string of the molecule is CC(=O)Oc1c2c(c3ccc4cccc5ccc1c3c45)C=CCC2. The van der Waals surface area contributed by atoms with Crippen LogP contribution in [0.4, 0.5) is 0 Å². The van der Waals surface area contributed by atoms with Gasteiger partial charge in [0.15, 0.2) is 0 Å². The van der Waals surface area contributed by atoms with Gasteiger partial charge in [0.1, 0.15) is 5.75 Å². The Morgan fingerprint density at radius 3 is 2.46 bits per heavy atom. The third-order valence-electron chi connectivity index (χ3n) is 5.00. The molecule has 0 amide bonds. The minimum absolute atomic E-state index is 0.262. The lowest BCUT2D eigenvalue weighted by Crippen LogP contribution is -2.08. The van der Waals surface area contributed by atoms with Crippen molar-refractivity contribution in [3.8, 4) is 5.75 Å². The molecule has 0 N–H and O–H groups in total. The fraction of sp³-hybridized carbons (Fsp3) is 0.136. The Morgan fingerprint density at radius 1 is 0.958 bits per heavy atom. The Balaban J connectivity index is 2.07. The third kappa shape index (κ3) is 1.74. The first-order chi connectivity index (χ1) is 11.7. The Hall–Kier alpha value is -2.87. The van der Waals surface area contributed by atoms with Crippen LogP contribution in [0.15, 0.2) is 48.5 Å². The molecule has 0 spiro atoms. The number of rotatable bonds is 1. The second kappa shape index (κ2) is 4.81. The zero-order chi connectivity index (χ0) is 16.3. The topological polar surface area (TPSA) is 26.3 Å². The molecule has 2 heteroatoms. The first-order valence-electron chi connectivity index (χ1n) is 8.31. The summed E-state index contributed by atoms with van der Waals surface area (Å²) in [6.07, 6.45) is 6.27. The molecule has 0 saturated heterocycles.